The van der Waals surface area contributed by atoms with Crippen LogP contribution in [0.3, 0.4) is 0 Å². The van der Waals surface area contributed by atoms with Crippen LogP contribution in [0.4, 0.5) is 0 Å². The smallest absolute Gasteiger partial charge is 0.0499 e. The average Bonchev–Trinajstić information content (AvgIpc) is 2.87. The fourth-order valence-electron chi connectivity index (χ4n) is 2.59. The molecule has 0 fully saturated rings. The van der Waals surface area contributed by atoms with Crippen molar-refractivity contribution in [3.63, 3.8) is 0 Å². The Morgan fingerprint density at radius 3 is 2.40 bits per heavy atom. The third kappa shape index (κ3) is 1.82. The number of benzene rings is 3. The quantitative estimate of drug-likeness (QED) is 0.382. The van der Waals surface area contributed by atoms with Crippen molar-refractivity contribution in [2.45, 2.75) is 0 Å². The largest absolute Gasteiger partial charge is 0.135 e. The zero-order chi connectivity index (χ0) is 13.5. The second-order valence-corrected chi connectivity index (χ2v) is 6.28. The lowest BCUT2D eigenvalue weighted by Crippen LogP contribution is -1.76. The summed E-state index contributed by atoms with van der Waals surface area (Å²) in [4.78, 5) is 0. The highest BCUT2D eigenvalue weighted by atomic mass is 35.5. The Bertz CT molecular complexity index is 907. The van der Waals surface area contributed by atoms with Crippen molar-refractivity contribution in [1.29, 1.82) is 0 Å². The Hall–Kier alpha value is -1.83. The molecule has 0 nitrogen and oxygen atoms in total. The predicted octanol–water partition coefficient (Wildman–Crippen LogP) is 6.37. The van der Waals surface area contributed by atoms with Crippen molar-refractivity contribution in [3.05, 3.63) is 71.8 Å². The molecular weight excluding hydrogens is 284 g/mol. The zero-order valence-electron chi connectivity index (χ0n) is 10.6. The first kappa shape index (κ1) is 12.0. The number of rotatable bonds is 1. The highest BCUT2D eigenvalue weighted by Crippen LogP contribution is 2.39. The molecule has 0 aliphatic carbocycles. The number of halogens is 1. The van der Waals surface area contributed by atoms with Crippen LogP contribution in [0.25, 0.3) is 31.3 Å². The molecule has 0 aliphatic rings. The topological polar surface area (TPSA) is 0 Å². The maximum atomic E-state index is 6.34. The second-order valence-electron chi connectivity index (χ2n) is 4.79. The van der Waals surface area contributed by atoms with Gasteiger partial charge in [0.25, 0.3) is 0 Å². The number of hydrogen-bond donors (Lipinski definition) is 0. The first-order chi connectivity index (χ1) is 9.83. The van der Waals surface area contributed by atoms with E-state index in [9.17, 15) is 0 Å². The van der Waals surface area contributed by atoms with Crippen LogP contribution in [0.15, 0.2) is 66.7 Å². The molecule has 4 aromatic rings. The van der Waals surface area contributed by atoms with Gasteiger partial charge in [-0.3, -0.25) is 0 Å². The summed E-state index contributed by atoms with van der Waals surface area (Å²) in [5.74, 6) is 0. The van der Waals surface area contributed by atoms with Crippen LogP contribution in [-0.4, -0.2) is 0 Å². The molecule has 0 aliphatic heterocycles. The fraction of sp³-hybridized carbons (Fsp3) is 0. The van der Waals surface area contributed by atoms with E-state index in [-0.39, 0.29) is 0 Å². The molecule has 2 heteroatoms. The van der Waals surface area contributed by atoms with E-state index in [4.69, 9.17) is 11.6 Å². The van der Waals surface area contributed by atoms with E-state index in [0.717, 1.165) is 5.02 Å². The Morgan fingerprint density at radius 1 is 0.700 bits per heavy atom. The first-order valence-electron chi connectivity index (χ1n) is 6.49. The van der Waals surface area contributed by atoms with Gasteiger partial charge in [0.05, 0.1) is 0 Å². The maximum Gasteiger partial charge on any atom is 0.0499 e. The van der Waals surface area contributed by atoms with Gasteiger partial charge in [-0.2, -0.15) is 0 Å². The summed E-state index contributed by atoms with van der Waals surface area (Å²) in [6.07, 6.45) is 0. The lowest BCUT2D eigenvalue weighted by Gasteiger charge is -2.01. The van der Waals surface area contributed by atoms with Crippen molar-refractivity contribution >= 4 is 43.1 Å². The van der Waals surface area contributed by atoms with E-state index in [1.807, 2.05) is 18.2 Å². The summed E-state index contributed by atoms with van der Waals surface area (Å²) in [6, 6.07) is 23.2. The average molecular weight is 295 g/mol. The van der Waals surface area contributed by atoms with Crippen molar-refractivity contribution in [2.75, 3.05) is 0 Å². The normalized spacial score (nSPS) is 11.2. The van der Waals surface area contributed by atoms with E-state index in [0.29, 0.717) is 0 Å². The molecule has 3 aromatic carbocycles. The Balaban J connectivity index is 2.01. The highest BCUT2D eigenvalue weighted by Gasteiger charge is 2.09. The van der Waals surface area contributed by atoms with Crippen LogP contribution in [0, 0.1) is 0 Å². The van der Waals surface area contributed by atoms with Crippen molar-refractivity contribution < 1.29 is 0 Å². The Kier molecular flexibility index (Phi) is 2.76. The number of thiophene rings is 1. The molecule has 0 spiro atoms. The van der Waals surface area contributed by atoms with E-state index in [1.165, 1.54) is 31.3 Å². The monoisotopic (exact) mass is 294 g/mol. The standard InChI is InChI=1S/C18H11ClS/c19-15-7-4-8-16-18(15)14-10-9-13(11-17(14)20-16)12-5-2-1-3-6-12/h1-11H. The van der Waals surface area contributed by atoms with E-state index >= 15 is 0 Å². The van der Waals surface area contributed by atoms with Crippen molar-refractivity contribution in [3.8, 4) is 11.1 Å². The highest BCUT2D eigenvalue weighted by molar-refractivity contribution is 7.26. The van der Waals surface area contributed by atoms with Gasteiger partial charge < -0.3 is 0 Å². The molecule has 0 unspecified atom stereocenters. The van der Waals surface area contributed by atoms with Gasteiger partial charge in [-0.05, 0) is 29.3 Å². The molecular formula is C18H11ClS. The molecule has 20 heavy (non-hydrogen) atoms. The molecule has 0 saturated carbocycles. The number of hydrogen-bond acceptors (Lipinski definition) is 1. The Labute approximate surface area is 126 Å². The third-order valence-corrected chi connectivity index (χ3v) is 4.99. The van der Waals surface area contributed by atoms with Gasteiger partial charge >= 0.3 is 0 Å². The summed E-state index contributed by atoms with van der Waals surface area (Å²) < 4.78 is 2.53. The van der Waals surface area contributed by atoms with Gasteiger partial charge in [-0.15, -0.1) is 11.3 Å². The lowest BCUT2D eigenvalue weighted by atomic mass is 10.0. The van der Waals surface area contributed by atoms with Gasteiger partial charge in [0, 0.05) is 25.2 Å². The van der Waals surface area contributed by atoms with Crippen LogP contribution in [-0.2, 0) is 0 Å². The van der Waals surface area contributed by atoms with Crippen LogP contribution in [0.2, 0.25) is 5.02 Å². The van der Waals surface area contributed by atoms with Gasteiger partial charge in [0.15, 0.2) is 0 Å². The van der Waals surface area contributed by atoms with Gasteiger partial charge in [-0.25, -0.2) is 0 Å². The van der Waals surface area contributed by atoms with E-state index in [2.05, 4.69) is 48.5 Å². The molecule has 1 heterocycles. The summed E-state index contributed by atoms with van der Waals surface area (Å²) in [5, 5.41) is 3.25. The minimum atomic E-state index is 0.834. The predicted molar refractivity (Wildman–Crippen MR) is 89.8 cm³/mol. The molecule has 0 N–H and O–H groups in total. The third-order valence-electron chi connectivity index (χ3n) is 3.55. The van der Waals surface area contributed by atoms with Crippen molar-refractivity contribution in [2.24, 2.45) is 0 Å². The minimum absolute atomic E-state index is 0.834. The molecule has 96 valence electrons. The van der Waals surface area contributed by atoms with Gasteiger partial charge in [0.1, 0.15) is 0 Å². The molecule has 0 amide bonds. The van der Waals surface area contributed by atoms with Gasteiger partial charge in [-0.1, -0.05) is 60.1 Å². The molecule has 0 bridgehead atoms. The maximum absolute atomic E-state index is 6.34. The SMILES string of the molecule is Clc1cccc2sc3cc(-c4ccccc4)ccc3c12. The van der Waals surface area contributed by atoms with E-state index in [1.54, 1.807) is 11.3 Å². The second kappa shape index (κ2) is 4.62. The first-order valence-corrected chi connectivity index (χ1v) is 7.68. The van der Waals surface area contributed by atoms with Crippen LogP contribution in [0.5, 0.6) is 0 Å². The molecule has 1 aromatic heterocycles. The molecule has 0 radical (unpaired) electrons. The summed E-state index contributed by atoms with van der Waals surface area (Å²) in [6.45, 7) is 0. The van der Waals surface area contributed by atoms with E-state index < -0.39 is 0 Å². The zero-order valence-corrected chi connectivity index (χ0v) is 12.2. The van der Waals surface area contributed by atoms with Gasteiger partial charge in [0.2, 0.25) is 0 Å². The fourth-order valence-corrected chi connectivity index (χ4v) is 4.10. The molecule has 4 rings (SSSR count). The van der Waals surface area contributed by atoms with Crippen LogP contribution < -0.4 is 0 Å². The molecule has 0 atom stereocenters. The summed E-state index contributed by atoms with van der Waals surface area (Å²) in [7, 11) is 0. The Morgan fingerprint density at radius 2 is 1.55 bits per heavy atom. The lowest BCUT2D eigenvalue weighted by molar-refractivity contribution is 1.66. The molecule has 0 saturated heterocycles. The van der Waals surface area contributed by atoms with Crippen LogP contribution >= 0.6 is 22.9 Å². The summed E-state index contributed by atoms with van der Waals surface area (Å²) in [5.41, 5.74) is 2.50. The number of fused-ring (bicyclic) bond motifs is 3. The minimum Gasteiger partial charge on any atom is -0.135 e. The van der Waals surface area contributed by atoms with Crippen molar-refractivity contribution in [1.82, 2.24) is 0 Å². The summed E-state index contributed by atoms with van der Waals surface area (Å²) >= 11 is 8.14. The van der Waals surface area contributed by atoms with Crippen LogP contribution in [0.1, 0.15) is 0 Å².